The number of nitrogens with zero attached hydrogens (tertiary/aromatic N) is 3. The van der Waals surface area contributed by atoms with E-state index in [1.165, 1.54) is 6.42 Å². The summed E-state index contributed by atoms with van der Waals surface area (Å²) >= 11 is 0. The van der Waals surface area contributed by atoms with Crippen molar-refractivity contribution >= 4 is 11.8 Å². The Balaban J connectivity index is 1.53. The van der Waals surface area contributed by atoms with Gasteiger partial charge >= 0.3 is 0 Å². The number of ether oxygens (including phenoxy) is 2. The lowest BCUT2D eigenvalue weighted by Gasteiger charge is -2.38. The van der Waals surface area contributed by atoms with Gasteiger partial charge in [0, 0.05) is 44.3 Å². The highest BCUT2D eigenvalue weighted by molar-refractivity contribution is 5.95. The molecular formula is C23H33N3O4. The van der Waals surface area contributed by atoms with Crippen LogP contribution in [0.25, 0.3) is 0 Å². The Hall–Kier alpha value is -2.54. The quantitative estimate of drug-likeness (QED) is 0.640. The second-order valence-corrected chi connectivity index (χ2v) is 7.97. The van der Waals surface area contributed by atoms with E-state index in [2.05, 4.69) is 18.4 Å². The summed E-state index contributed by atoms with van der Waals surface area (Å²) in [6.07, 6.45) is 5.06. The maximum atomic E-state index is 12.9. The Morgan fingerprint density at radius 2 is 1.90 bits per heavy atom. The van der Waals surface area contributed by atoms with Crippen LogP contribution in [-0.4, -0.2) is 85.5 Å². The van der Waals surface area contributed by atoms with Gasteiger partial charge in [-0.05, 0) is 44.4 Å². The van der Waals surface area contributed by atoms with Crippen LogP contribution in [0.5, 0.6) is 11.5 Å². The summed E-state index contributed by atoms with van der Waals surface area (Å²) in [4.78, 5) is 31.6. The number of piperidine rings is 1. The second-order valence-electron chi connectivity index (χ2n) is 7.97. The summed E-state index contributed by atoms with van der Waals surface area (Å²) in [5.41, 5.74) is 0.574. The molecule has 1 unspecified atom stereocenters. The standard InChI is InChI=1S/C23H33N3O4/c1-4-15-30-20-9-8-19(16-21(20)29-3)23(28)25-13-11-24(12-14-25)17-22(27)26-10-6-5-7-18(26)2/h4,8-9,16,18H,1,5-7,10-15,17H2,2-3H3. The van der Waals surface area contributed by atoms with Gasteiger partial charge in [0.15, 0.2) is 11.5 Å². The van der Waals surface area contributed by atoms with Crippen LogP contribution >= 0.6 is 0 Å². The number of hydrogen-bond acceptors (Lipinski definition) is 5. The van der Waals surface area contributed by atoms with Crippen molar-refractivity contribution in [2.24, 2.45) is 0 Å². The van der Waals surface area contributed by atoms with Crippen LogP contribution in [-0.2, 0) is 4.79 Å². The Morgan fingerprint density at radius 1 is 1.13 bits per heavy atom. The van der Waals surface area contributed by atoms with Crippen molar-refractivity contribution < 1.29 is 19.1 Å². The van der Waals surface area contributed by atoms with Crippen molar-refractivity contribution in [3.05, 3.63) is 36.4 Å². The van der Waals surface area contributed by atoms with Crippen LogP contribution in [0.4, 0.5) is 0 Å². The lowest BCUT2D eigenvalue weighted by atomic mass is 10.0. The van der Waals surface area contributed by atoms with Crippen LogP contribution in [0.15, 0.2) is 30.9 Å². The van der Waals surface area contributed by atoms with E-state index in [9.17, 15) is 9.59 Å². The Labute approximate surface area is 179 Å². The summed E-state index contributed by atoms with van der Waals surface area (Å²) in [6.45, 7) is 10.1. The number of amides is 2. The molecule has 2 aliphatic heterocycles. The minimum absolute atomic E-state index is 0.0285. The van der Waals surface area contributed by atoms with E-state index in [1.54, 1.807) is 31.4 Å². The van der Waals surface area contributed by atoms with E-state index >= 15 is 0 Å². The number of likely N-dealkylation sites (tertiary alicyclic amines) is 1. The minimum atomic E-state index is -0.0285. The first-order valence-corrected chi connectivity index (χ1v) is 10.8. The molecule has 2 heterocycles. The zero-order valence-corrected chi connectivity index (χ0v) is 18.1. The number of carbonyl (C=O) groups is 2. The summed E-state index contributed by atoms with van der Waals surface area (Å²) in [6, 6.07) is 5.57. The lowest BCUT2D eigenvalue weighted by Crippen LogP contribution is -2.53. The van der Waals surface area contributed by atoms with E-state index in [-0.39, 0.29) is 11.8 Å². The Morgan fingerprint density at radius 3 is 2.57 bits per heavy atom. The molecule has 1 aromatic rings. The van der Waals surface area contributed by atoms with Gasteiger partial charge in [0.2, 0.25) is 5.91 Å². The highest BCUT2D eigenvalue weighted by Gasteiger charge is 2.28. The fourth-order valence-corrected chi connectivity index (χ4v) is 4.11. The molecule has 2 aliphatic rings. The van der Waals surface area contributed by atoms with Gasteiger partial charge in [0.1, 0.15) is 6.61 Å². The summed E-state index contributed by atoms with van der Waals surface area (Å²) < 4.78 is 10.9. The zero-order chi connectivity index (χ0) is 21.5. The molecule has 0 N–H and O–H groups in total. The van der Waals surface area contributed by atoms with Crippen molar-refractivity contribution in [3.63, 3.8) is 0 Å². The maximum Gasteiger partial charge on any atom is 0.254 e. The number of rotatable bonds is 7. The largest absolute Gasteiger partial charge is 0.493 e. The predicted molar refractivity (Wildman–Crippen MR) is 116 cm³/mol. The molecule has 1 aromatic carbocycles. The monoisotopic (exact) mass is 415 g/mol. The van der Waals surface area contributed by atoms with Crippen LogP contribution in [0.2, 0.25) is 0 Å². The Kier molecular flexibility index (Phi) is 7.74. The first kappa shape index (κ1) is 22.2. The fraction of sp³-hybridized carbons (Fsp3) is 0.565. The van der Waals surface area contributed by atoms with Crippen LogP contribution in [0.3, 0.4) is 0 Å². The number of benzene rings is 1. The third-order valence-electron chi connectivity index (χ3n) is 5.91. The lowest BCUT2D eigenvalue weighted by molar-refractivity contribution is -0.136. The summed E-state index contributed by atoms with van der Waals surface area (Å²) in [5.74, 6) is 1.30. The number of carbonyl (C=O) groups excluding carboxylic acids is 2. The molecular weight excluding hydrogens is 382 g/mol. The van der Waals surface area contributed by atoms with Gasteiger partial charge in [-0.15, -0.1) is 0 Å². The van der Waals surface area contributed by atoms with E-state index in [1.807, 2.05) is 9.80 Å². The van der Waals surface area contributed by atoms with Gasteiger partial charge in [-0.2, -0.15) is 0 Å². The Bertz CT molecular complexity index is 759. The van der Waals surface area contributed by atoms with Crippen molar-refractivity contribution in [3.8, 4) is 11.5 Å². The van der Waals surface area contributed by atoms with Crippen molar-refractivity contribution in [2.45, 2.75) is 32.2 Å². The van der Waals surface area contributed by atoms with Crippen LogP contribution < -0.4 is 9.47 Å². The highest BCUT2D eigenvalue weighted by atomic mass is 16.5. The van der Waals surface area contributed by atoms with Gasteiger partial charge in [-0.3, -0.25) is 14.5 Å². The third-order valence-corrected chi connectivity index (χ3v) is 5.91. The maximum absolute atomic E-state index is 12.9. The van der Waals surface area contributed by atoms with Gasteiger partial charge in [-0.1, -0.05) is 12.7 Å². The van der Waals surface area contributed by atoms with Crippen molar-refractivity contribution in [1.29, 1.82) is 0 Å². The van der Waals surface area contributed by atoms with E-state index < -0.39 is 0 Å². The molecule has 2 fully saturated rings. The number of piperazine rings is 1. The molecule has 0 saturated carbocycles. The van der Waals surface area contributed by atoms with Crippen LogP contribution in [0, 0.1) is 0 Å². The van der Waals surface area contributed by atoms with E-state index in [0.717, 1.165) is 19.4 Å². The van der Waals surface area contributed by atoms with Gasteiger partial charge in [0.25, 0.3) is 5.91 Å². The molecule has 7 heteroatoms. The average molecular weight is 416 g/mol. The first-order chi connectivity index (χ1) is 14.5. The molecule has 164 valence electrons. The SMILES string of the molecule is C=CCOc1ccc(C(=O)N2CCN(CC(=O)N3CCCCC3C)CC2)cc1OC. The van der Waals surface area contributed by atoms with Gasteiger partial charge < -0.3 is 19.3 Å². The molecule has 2 saturated heterocycles. The van der Waals surface area contributed by atoms with E-state index in [0.29, 0.717) is 62.4 Å². The first-order valence-electron chi connectivity index (χ1n) is 10.8. The normalized spacial score (nSPS) is 20.0. The van der Waals surface area contributed by atoms with Crippen molar-refractivity contribution in [1.82, 2.24) is 14.7 Å². The van der Waals surface area contributed by atoms with Crippen LogP contribution in [0.1, 0.15) is 36.5 Å². The smallest absolute Gasteiger partial charge is 0.254 e. The summed E-state index contributed by atoms with van der Waals surface area (Å²) in [5, 5.41) is 0. The molecule has 0 bridgehead atoms. The zero-order valence-electron chi connectivity index (χ0n) is 18.1. The minimum Gasteiger partial charge on any atom is -0.493 e. The number of hydrogen-bond donors (Lipinski definition) is 0. The molecule has 7 nitrogen and oxygen atoms in total. The fourth-order valence-electron chi connectivity index (χ4n) is 4.11. The molecule has 30 heavy (non-hydrogen) atoms. The third kappa shape index (κ3) is 5.33. The molecule has 0 spiro atoms. The molecule has 2 amide bonds. The topological polar surface area (TPSA) is 62.3 Å². The van der Waals surface area contributed by atoms with Gasteiger partial charge in [0.05, 0.1) is 13.7 Å². The number of methoxy groups -OCH3 is 1. The summed E-state index contributed by atoms with van der Waals surface area (Å²) in [7, 11) is 1.56. The van der Waals surface area contributed by atoms with Gasteiger partial charge in [-0.25, -0.2) is 0 Å². The molecule has 3 rings (SSSR count). The van der Waals surface area contributed by atoms with Crippen molar-refractivity contribution in [2.75, 3.05) is 53.0 Å². The molecule has 0 radical (unpaired) electrons. The predicted octanol–water partition coefficient (Wildman–Crippen LogP) is 2.42. The van der Waals surface area contributed by atoms with E-state index in [4.69, 9.17) is 9.47 Å². The molecule has 1 atom stereocenters. The molecule has 0 aromatic heterocycles. The second kappa shape index (κ2) is 10.5. The highest BCUT2D eigenvalue weighted by Crippen LogP contribution is 2.28. The average Bonchev–Trinajstić information content (AvgIpc) is 2.77. The molecule has 0 aliphatic carbocycles.